The van der Waals surface area contributed by atoms with Crippen molar-refractivity contribution in [2.45, 2.75) is 38.6 Å². The van der Waals surface area contributed by atoms with Gasteiger partial charge >= 0.3 is 0 Å². The summed E-state index contributed by atoms with van der Waals surface area (Å²) in [5, 5.41) is 0. The van der Waals surface area contributed by atoms with E-state index in [1.54, 1.807) is 48.5 Å². The molecule has 6 nitrogen and oxygen atoms in total. The van der Waals surface area contributed by atoms with Gasteiger partial charge in [0.05, 0.1) is 10.6 Å². The van der Waals surface area contributed by atoms with E-state index in [1.165, 1.54) is 11.4 Å². The highest BCUT2D eigenvalue weighted by atomic mass is 79.9. The van der Waals surface area contributed by atoms with Gasteiger partial charge in [0.25, 0.3) is 10.0 Å². The second-order valence-electron chi connectivity index (χ2n) is 7.57. The lowest BCUT2D eigenvalue weighted by Crippen LogP contribution is -2.26. The Balaban J connectivity index is 1.68. The maximum Gasteiger partial charge on any atom is 0.264 e. The highest BCUT2D eigenvalue weighted by molar-refractivity contribution is 9.10. The summed E-state index contributed by atoms with van der Waals surface area (Å²) in [6.07, 6.45) is 0.999. The number of nitrogens with zero attached hydrogens (tertiary/aromatic N) is 2. The molecule has 0 saturated carbocycles. The minimum atomic E-state index is -3.68. The number of sulfonamides is 1. The minimum absolute atomic E-state index is 0.0806. The molecule has 0 unspecified atom stereocenters. The van der Waals surface area contributed by atoms with Crippen molar-refractivity contribution in [1.29, 1.82) is 0 Å². The van der Waals surface area contributed by atoms with Gasteiger partial charge in [0.15, 0.2) is 6.61 Å². The van der Waals surface area contributed by atoms with E-state index in [4.69, 9.17) is 4.74 Å². The molecule has 0 atom stereocenters. The summed E-state index contributed by atoms with van der Waals surface area (Å²) in [5.74, 6) is 0.415. The molecule has 0 spiro atoms. The van der Waals surface area contributed by atoms with Crippen LogP contribution in [0.4, 0.5) is 5.69 Å². The Morgan fingerprint density at radius 1 is 1.06 bits per heavy atom. The Labute approximate surface area is 198 Å². The Morgan fingerprint density at radius 2 is 1.69 bits per heavy atom. The van der Waals surface area contributed by atoms with Crippen molar-refractivity contribution in [3.8, 4) is 5.75 Å². The number of hydrogen-bond donors (Lipinski definition) is 0. The smallest absolute Gasteiger partial charge is 0.264 e. The van der Waals surface area contributed by atoms with Gasteiger partial charge in [-0.2, -0.15) is 0 Å². The van der Waals surface area contributed by atoms with Gasteiger partial charge in [0.1, 0.15) is 5.75 Å². The number of rotatable bonds is 9. The number of halogens is 1. The minimum Gasteiger partial charge on any atom is -0.485 e. The first kappa shape index (κ1) is 24.1. The molecule has 8 heteroatoms. The molecule has 0 saturated heterocycles. The molecular formula is C24H27BrN2O4S. The van der Waals surface area contributed by atoms with Gasteiger partial charge in [0, 0.05) is 35.0 Å². The van der Waals surface area contributed by atoms with E-state index in [1.807, 2.05) is 19.9 Å². The zero-order valence-electron chi connectivity index (χ0n) is 18.6. The molecule has 3 aromatic rings. The number of ether oxygens (including phenoxy) is 1. The maximum atomic E-state index is 12.8. The van der Waals surface area contributed by atoms with Crippen LogP contribution in [0.2, 0.25) is 0 Å². The summed E-state index contributed by atoms with van der Waals surface area (Å²) in [6, 6.07) is 15.0. The fourth-order valence-electron chi connectivity index (χ4n) is 3.53. The van der Waals surface area contributed by atoms with Crippen LogP contribution in [0.15, 0.2) is 64.0 Å². The number of Topliss-reactive ketones (excluding diaryl/α,β-unsaturated/α-hetero) is 1. The third-order valence-electron chi connectivity index (χ3n) is 5.36. The first-order valence-corrected chi connectivity index (χ1v) is 12.6. The van der Waals surface area contributed by atoms with Gasteiger partial charge < -0.3 is 9.30 Å². The van der Waals surface area contributed by atoms with Crippen LogP contribution >= 0.6 is 15.9 Å². The number of ketones is 1. The molecule has 0 aliphatic carbocycles. The van der Waals surface area contributed by atoms with Crippen molar-refractivity contribution in [3.05, 3.63) is 76.0 Å². The first-order valence-electron chi connectivity index (χ1n) is 10.3. The van der Waals surface area contributed by atoms with Crippen LogP contribution in [0, 0.1) is 13.8 Å². The average molecular weight is 519 g/mol. The van der Waals surface area contributed by atoms with Gasteiger partial charge in [-0.05, 0) is 74.9 Å². The number of hydrogen-bond acceptors (Lipinski definition) is 4. The van der Waals surface area contributed by atoms with Gasteiger partial charge in [-0.1, -0.05) is 22.9 Å². The molecule has 0 radical (unpaired) electrons. The standard InChI is InChI=1S/C24H27BrN2O4S/c1-5-14-27-17(2)15-23(18(27)3)24(28)16-31-21-10-8-20(9-11-21)26(4)32(29,30)22-12-6-19(25)7-13-22/h6-13,15H,5,14,16H2,1-4H3. The normalized spacial score (nSPS) is 11.4. The Kier molecular flexibility index (Phi) is 7.46. The van der Waals surface area contributed by atoms with Crippen LogP contribution in [-0.2, 0) is 16.6 Å². The lowest BCUT2D eigenvalue weighted by Gasteiger charge is -2.20. The number of carbonyl (C=O) groups is 1. The highest BCUT2D eigenvalue weighted by Crippen LogP contribution is 2.25. The van der Waals surface area contributed by atoms with E-state index in [9.17, 15) is 13.2 Å². The van der Waals surface area contributed by atoms with Crippen LogP contribution in [0.1, 0.15) is 35.1 Å². The Bertz CT molecular complexity index is 1200. The molecule has 0 amide bonds. The van der Waals surface area contributed by atoms with Gasteiger partial charge in [-0.3, -0.25) is 9.10 Å². The van der Waals surface area contributed by atoms with Gasteiger partial charge in [0.2, 0.25) is 5.78 Å². The maximum absolute atomic E-state index is 12.8. The topological polar surface area (TPSA) is 68.6 Å². The monoisotopic (exact) mass is 518 g/mol. The highest BCUT2D eigenvalue weighted by Gasteiger charge is 2.21. The SMILES string of the molecule is CCCn1c(C)cc(C(=O)COc2ccc(N(C)S(=O)(=O)c3ccc(Br)cc3)cc2)c1C. The van der Waals surface area contributed by atoms with Crippen molar-refractivity contribution < 1.29 is 17.9 Å². The summed E-state index contributed by atoms with van der Waals surface area (Å²) in [5.41, 5.74) is 3.18. The van der Waals surface area contributed by atoms with Crippen LogP contribution in [0.3, 0.4) is 0 Å². The van der Waals surface area contributed by atoms with Crippen molar-refractivity contribution in [2.75, 3.05) is 18.0 Å². The third-order valence-corrected chi connectivity index (χ3v) is 7.69. The number of aromatic nitrogens is 1. The number of benzene rings is 2. The van der Waals surface area contributed by atoms with E-state index in [2.05, 4.69) is 27.4 Å². The summed E-state index contributed by atoms with van der Waals surface area (Å²) in [4.78, 5) is 12.9. The van der Waals surface area contributed by atoms with Crippen LogP contribution in [0.25, 0.3) is 0 Å². The Hall–Kier alpha value is -2.58. The molecule has 3 rings (SSSR count). The molecule has 0 N–H and O–H groups in total. The van der Waals surface area contributed by atoms with E-state index >= 15 is 0 Å². The summed E-state index contributed by atoms with van der Waals surface area (Å²) >= 11 is 3.31. The van der Waals surface area contributed by atoms with Crippen LogP contribution in [0.5, 0.6) is 5.75 Å². The van der Waals surface area contributed by atoms with Crippen LogP contribution < -0.4 is 9.04 Å². The molecule has 0 fully saturated rings. The predicted octanol–water partition coefficient (Wildman–Crippen LogP) is 5.36. The first-order chi connectivity index (χ1) is 15.1. The zero-order valence-corrected chi connectivity index (χ0v) is 21.0. The second-order valence-corrected chi connectivity index (χ2v) is 10.5. The lowest BCUT2D eigenvalue weighted by atomic mass is 10.1. The number of aryl methyl sites for hydroxylation is 1. The zero-order chi connectivity index (χ0) is 23.5. The largest absolute Gasteiger partial charge is 0.485 e. The molecule has 0 bridgehead atoms. The molecule has 0 aliphatic heterocycles. The van der Waals surface area contributed by atoms with Gasteiger partial charge in [-0.15, -0.1) is 0 Å². The lowest BCUT2D eigenvalue weighted by molar-refractivity contribution is 0.0920. The van der Waals surface area contributed by atoms with Crippen molar-refractivity contribution in [1.82, 2.24) is 4.57 Å². The second kappa shape index (κ2) is 9.92. The van der Waals surface area contributed by atoms with E-state index in [-0.39, 0.29) is 17.3 Å². The van der Waals surface area contributed by atoms with Crippen molar-refractivity contribution in [3.63, 3.8) is 0 Å². The molecule has 1 aromatic heterocycles. The average Bonchev–Trinajstić information content (AvgIpc) is 3.06. The van der Waals surface area contributed by atoms with E-state index in [0.717, 1.165) is 28.8 Å². The molecule has 170 valence electrons. The van der Waals surface area contributed by atoms with Crippen LogP contribution in [-0.4, -0.2) is 32.4 Å². The third kappa shape index (κ3) is 5.07. The van der Waals surface area contributed by atoms with Crippen molar-refractivity contribution >= 4 is 37.4 Å². The van der Waals surface area contributed by atoms with E-state index in [0.29, 0.717) is 17.0 Å². The molecular weight excluding hydrogens is 492 g/mol. The fraction of sp³-hybridized carbons (Fsp3) is 0.292. The van der Waals surface area contributed by atoms with Gasteiger partial charge in [-0.25, -0.2) is 8.42 Å². The number of anilines is 1. The summed E-state index contributed by atoms with van der Waals surface area (Å²) in [7, 11) is -2.18. The molecule has 1 heterocycles. The molecule has 2 aromatic carbocycles. The number of carbonyl (C=O) groups excluding carboxylic acids is 1. The fourth-order valence-corrected chi connectivity index (χ4v) is 4.99. The van der Waals surface area contributed by atoms with Crippen molar-refractivity contribution in [2.24, 2.45) is 0 Å². The van der Waals surface area contributed by atoms with E-state index < -0.39 is 10.0 Å². The molecule has 32 heavy (non-hydrogen) atoms. The predicted molar refractivity (Wildman–Crippen MR) is 130 cm³/mol. The Morgan fingerprint density at radius 3 is 2.28 bits per heavy atom. The summed E-state index contributed by atoms with van der Waals surface area (Å²) < 4.78 is 35.5. The summed E-state index contributed by atoms with van der Waals surface area (Å²) in [6.45, 7) is 6.85. The quantitative estimate of drug-likeness (QED) is 0.357. The molecule has 0 aliphatic rings.